The third-order valence-corrected chi connectivity index (χ3v) is 6.60. The third kappa shape index (κ3) is 4.30. The molecule has 2 aliphatic heterocycles. The highest BCUT2D eigenvalue weighted by molar-refractivity contribution is 5.77. The molecule has 1 saturated carbocycles. The highest BCUT2D eigenvalue weighted by Crippen LogP contribution is 2.46. The van der Waals surface area contributed by atoms with Gasteiger partial charge in [-0.25, -0.2) is 0 Å². The van der Waals surface area contributed by atoms with E-state index in [1.54, 1.807) is 0 Å². The first kappa shape index (κ1) is 18.6. The van der Waals surface area contributed by atoms with Crippen molar-refractivity contribution < 1.29 is 9.53 Å². The molecule has 1 atom stereocenters. The number of pyridine rings is 1. The summed E-state index contributed by atoms with van der Waals surface area (Å²) >= 11 is 0. The van der Waals surface area contributed by atoms with Gasteiger partial charge < -0.3 is 10.1 Å². The minimum atomic E-state index is -0.145. The van der Waals surface area contributed by atoms with Crippen molar-refractivity contribution in [2.75, 3.05) is 13.1 Å². The molecule has 5 rings (SSSR count). The lowest BCUT2D eigenvalue weighted by atomic mass is 9.76. The molecule has 1 aromatic carbocycles. The van der Waals surface area contributed by atoms with Crippen LogP contribution in [0.2, 0.25) is 0 Å². The molecule has 0 radical (unpaired) electrons. The number of piperidine rings is 1. The number of hydrogen-bond donors (Lipinski definition) is 1. The van der Waals surface area contributed by atoms with Gasteiger partial charge in [-0.1, -0.05) is 18.2 Å². The number of para-hydroxylation sites is 1. The average molecular weight is 392 g/mol. The van der Waals surface area contributed by atoms with Crippen LogP contribution < -0.4 is 10.1 Å². The maximum atomic E-state index is 12.5. The minimum Gasteiger partial charge on any atom is -0.487 e. The maximum absolute atomic E-state index is 12.5. The number of carbonyl (C=O) groups is 1. The topological polar surface area (TPSA) is 54.5 Å². The van der Waals surface area contributed by atoms with Crippen molar-refractivity contribution in [3.8, 4) is 5.75 Å². The summed E-state index contributed by atoms with van der Waals surface area (Å²) in [6.07, 6.45) is 9.50. The number of fused-ring (bicyclic) bond motifs is 1. The Morgan fingerprint density at radius 1 is 1.14 bits per heavy atom. The zero-order chi connectivity index (χ0) is 19.7. The van der Waals surface area contributed by atoms with Crippen molar-refractivity contribution in [1.82, 2.24) is 15.2 Å². The molecule has 1 aromatic heterocycles. The van der Waals surface area contributed by atoms with Crippen LogP contribution in [0.1, 0.15) is 55.6 Å². The summed E-state index contributed by atoms with van der Waals surface area (Å²) in [5.74, 6) is 1.41. The maximum Gasteiger partial charge on any atom is 0.220 e. The Balaban J connectivity index is 1.27. The fourth-order valence-electron chi connectivity index (χ4n) is 4.84. The first-order valence-corrected chi connectivity index (χ1v) is 10.9. The number of nitrogens with zero attached hydrogens (tertiary/aromatic N) is 2. The summed E-state index contributed by atoms with van der Waals surface area (Å²) in [6, 6.07) is 12.9. The van der Waals surface area contributed by atoms with Crippen LogP contribution >= 0.6 is 0 Å². The minimum absolute atomic E-state index is 0.145. The highest BCUT2D eigenvalue weighted by atomic mass is 16.5. The highest BCUT2D eigenvalue weighted by Gasteiger charge is 2.43. The Hall–Kier alpha value is -2.40. The van der Waals surface area contributed by atoms with Crippen LogP contribution in [0, 0.1) is 0 Å². The molecule has 5 heteroatoms. The van der Waals surface area contributed by atoms with Gasteiger partial charge in [-0.05, 0) is 61.4 Å². The molecule has 1 aliphatic carbocycles. The molecular weight excluding hydrogens is 362 g/mol. The van der Waals surface area contributed by atoms with Crippen molar-refractivity contribution in [1.29, 1.82) is 0 Å². The summed E-state index contributed by atoms with van der Waals surface area (Å²) in [6.45, 7) is 3.00. The molecule has 0 unspecified atom stereocenters. The van der Waals surface area contributed by atoms with Crippen LogP contribution in [0.3, 0.4) is 0 Å². The third-order valence-electron chi connectivity index (χ3n) is 6.60. The molecule has 152 valence electrons. The van der Waals surface area contributed by atoms with Crippen LogP contribution in [0.4, 0.5) is 0 Å². The van der Waals surface area contributed by atoms with Gasteiger partial charge in [0.25, 0.3) is 0 Å². The number of amides is 1. The molecular formula is C24H29N3O2. The Labute approximate surface area is 172 Å². The van der Waals surface area contributed by atoms with Crippen molar-refractivity contribution in [3.05, 3.63) is 59.9 Å². The average Bonchev–Trinajstić information content (AvgIpc) is 3.55. The zero-order valence-electron chi connectivity index (χ0n) is 16.8. The van der Waals surface area contributed by atoms with Crippen molar-refractivity contribution in [3.63, 3.8) is 0 Å². The number of carbonyl (C=O) groups excluding carboxylic acids is 1. The largest absolute Gasteiger partial charge is 0.487 e. The predicted molar refractivity (Wildman–Crippen MR) is 112 cm³/mol. The van der Waals surface area contributed by atoms with E-state index in [1.165, 1.54) is 11.1 Å². The molecule has 1 spiro atoms. The summed E-state index contributed by atoms with van der Waals surface area (Å²) in [5, 5.41) is 3.16. The molecule has 29 heavy (non-hydrogen) atoms. The number of ether oxygens (including phenoxy) is 1. The lowest BCUT2D eigenvalue weighted by Gasteiger charge is -2.47. The second kappa shape index (κ2) is 7.79. The number of likely N-dealkylation sites (tertiary alicyclic amines) is 1. The van der Waals surface area contributed by atoms with Gasteiger partial charge in [-0.15, -0.1) is 0 Å². The van der Waals surface area contributed by atoms with Crippen molar-refractivity contribution >= 4 is 5.91 Å². The lowest BCUT2D eigenvalue weighted by molar-refractivity contribution is -0.122. The van der Waals surface area contributed by atoms with Gasteiger partial charge in [-0.3, -0.25) is 14.7 Å². The van der Waals surface area contributed by atoms with Gasteiger partial charge in [0.05, 0.1) is 0 Å². The Bertz CT molecular complexity index is 857. The quantitative estimate of drug-likeness (QED) is 0.845. The zero-order valence-corrected chi connectivity index (χ0v) is 16.8. The standard InChI is InChI=1S/C24H29N3O2/c28-23(26-20-5-6-20)15-19-16-24(29-22-4-2-1-3-21(19)22)9-13-27(14-10-24)17-18-7-11-25-12-8-18/h1-4,7-8,11-12,19-20H,5-6,9-10,13-17H2,(H,26,28)/t19-/m0/s1. The van der Waals surface area contributed by atoms with Crippen LogP contribution in [0.15, 0.2) is 48.8 Å². The van der Waals surface area contributed by atoms with E-state index in [0.29, 0.717) is 12.5 Å². The molecule has 3 aliphatic rings. The van der Waals surface area contributed by atoms with E-state index in [2.05, 4.69) is 45.5 Å². The van der Waals surface area contributed by atoms with E-state index in [4.69, 9.17) is 4.74 Å². The summed E-state index contributed by atoms with van der Waals surface area (Å²) < 4.78 is 6.60. The van der Waals surface area contributed by atoms with Crippen molar-refractivity contribution in [2.24, 2.45) is 0 Å². The van der Waals surface area contributed by atoms with Crippen LogP contribution in [-0.2, 0) is 11.3 Å². The van der Waals surface area contributed by atoms with Crippen LogP contribution in [0.25, 0.3) is 0 Å². The van der Waals surface area contributed by atoms with E-state index in [0.717, 1.165) is 57.5 Å². The molecule has 2 aromatic rings. The molecule has 1 N–H and O–H groups in total. The molecule has 3 heterocycles. The number of rotatable bonds is 5. The lowest BCUT2D eigenvalue weighted by Crippen LogP contribution is -2.50. The number of aromatic nitrogens is 1. The molecule has 0 bridgehead atoms. The molecule has 1 amide bonds. The number of benzene rings is 1. The van der Waals surface area contributed by atoms with E-state index >= 15 is 0 Å². The fraction of sp³-hybridized carbons (Fsp3) is 0.500. The Morgan fingerprint density at radius 3 is 2.66 bits per heavy atom. The van der Waals surface area contributed by atoms with Crippen LogP contribution in [0.5, 0.6) is 5.75 Å². The molecule has 5 nitrogen and oxygen atoms in total. The van der Waals surface area contributed by atoms with Crippen LogP contribution in [-0.4, -0.2) is 40.5 Å². The van der Waals surface area contributed by atoms with Gasteiger partial charge in [0.15, 0.2) is 0 Å². The molecule has 2 fully saturated rings. The summed E-state index contributed by atoms with van der Waals surface area (Å²) in [4.78, 5) is 19.1. The Kier molecular flexibility index (Phi) is 5.00. The van der Waals surface area contributed by atoms with E-state index in [9.17, 15) is 4.79 Å². The monoisotopic (exact) mass is 391 g/mol. The number of nitrogens with one attached hydrogen (secondary N) is 1. The van der Waals surface area contributed by atoms with Gasteiger partial charge in [-0.2, -0.15) is 0 Å². The van der Waals surface area contributed by atoms with Gasteiger partial charge in [0, 0.05) is 50.4 Å². The van der Waals surface area contributed by atoms with E-state index in [1.807, 2.05) is 18.5 Å². The predicted octanol–water partition coefficient (Wildman–Crippen LogP) is 3.65. The Morgan fingerprint density at radius 2 is 1.90 bits per heavy atom. The van der Waals surface area contributed by atoms with Gasteiger partial charge in [0.1, 0.15) is 11.4 Å². The van der Waals surface area contributed by atoms with Crippen molar-refractivity contribution in [2.45, 2.75) is 62.6 Å². The fourth-order valence-corrected chi connectivity index (χ4v) is 4.84. The SMILES string of the molecule is O=C(C[C@H]1CC2(CCN(Cc3ccncc3)CC2)Oc2ccccc21)NC1CC1. The van der Waals surface area contributed by atoms with E-state index < -0.39 is 0 Å². The smallest absolute Gasteiger partial charge is 0.220 e. The summed E-state index contributed by atoms with van der Waals surface area (Å²) in [7, 11) is 0. The first-order valence-electron chi connectivity index (χ1n) is 10.9. The molecule has 1 saturated heterocycles. The second-order valence-corrected chi connectivity index (χ2v) is 8.90. The van der Waals surface area contributed by atoms with Gasteiger partial charge >= 0.3 is 0 Å². The number of hydrogen-bond acceptors (Lipinski definition) is 4. The normalized spacial score (nSPS) is 23.2. The van der Waals surface area contributed by atoms with Gasteiger partial charge in [0.2, 0.25) is 5.91 Å². The first-order chi connectivity index (χ1) is 14.2. The van der Waals surface area contributed by atoms with E-state index in [-0.39, 0.29) is 17.4 Å². The summed E-state index contributed by atoms with van der Waals surface area (Å²) in [5.41, 5.74) is 2.36. The second-order valence-electron chi connectivity index (χ2n) is 8.90.